The summed E-state index contributed by atoms with van der Waals surface area (Å²) in [6.45, 7) is 0.891. The van der Waals surface area contributed by atoms with Gasteiger partial charge in [0, 0.05) is 12.6 Å². The molecule has 1 heterocycles. The van der Waals surface area contributed by atoms with E-state index in [9.17, 15) is 0 Å². The van der Waals surface area contributed by atoms with Crippen molar-refractivity contribution in [2.45, 2.75) is 56.8 Å². The molecule has 2 N–H and O–H groups in total. The summed E-state index contributed by atoms with van der Waals surface area (Å²) in [5.41, 5.74) is 7.47. The van der Waals surface area contributed by atoms with Crippen molar-refractivity contribution in [2.75, 3.05) is 6.61 Å². The zero-order chi connectivity index (χ0) is 13.1. The first-order chi connectivity index (χ1) is 9.31. The largest absolute Gasteiger partial charge is 0.490 e. The van der Waals surface area contributed by atoms with Gasteiger partial charge in [0.1, 0.15) is 5.75 Å². The lowest BCUT2D eigenvalue weighted by atomic mass is 9.97. The maximum Gasteiger partial charge on any atom is 0.120 e. The van der Waals surface area contributed by atoms with Crippen LogP contribution in [0.1, 0.15) is 50.1 Å². The summed E-state index contributed by atoms with van der Waals surface area (Å²) in [4.78, 5) is 0. The fourth-order valence-corrected chi connectivity index (χ4v) is 2.61. The first-order valence-electron chi connectivity index (χ1n) is 7.45. The zero-order valence-corrected chi connectivity index (χ0v) is 11.4. The van der Waals surface area contributed by atoms with Crippen molar-refractivity contribution in [1.29, 1.82) is 0 Å². The third-order valence-corrected chi connectivity index (χ3v) is 3.90. The summed E-state index contributed by atoms with van der Waals surface area (Å²) < 4.78 is 11.6. The molecule has 1 aromatic rings. The lowest BCUT2D eigenvalue weighted by molar-refractivity contribution is 0.00728. The van der Waals surface area contributed by atoms with E-state index in [2.05, 4.69) is 12.1 Å². The van der Waals surface area contributed by atoms with Crippen molar-refractivity contribution in [2.24, 2.45) is 5.73 Å². The lowest BCUT2D eigenvalue weighted by Gasteiger charge is -2.25. The van der Waals surface area contributed by atoms with E-state index in [0.29, 0.717) is 12.2 Å². The first-order valence-corrected chi connectivity index (χ1v) is 7.45. The molecule has 1 aliphatic carbocycles. The van der Waals surface area contributed by atoms with Gasteiger partial charge in [0.05, 0.1) is 12.2 Å². The standard InChI is InChI=1S/C16H23NO2/c17-16(11-14-5-1-2-9-18-14)12-4-3-6-15(10-12)19-13-7-8-13/h3-4,6,10,13-14,16H,1-2,5,7-9,11,17H2. The third kappa shape index (κ3) is 3.71. The second-order valence-electron chi connectivity index (χ2n) is 5.72. The van der Waals surface area contributed by atoms with E-state index in [4.69, 9.17) is 15.2 Å². The molecule has 2 atom stereocenters. The van der Waals surface area contributed by atoms with Gasteiger partial charge in [-0.3, -0.25) is 0 Å². The molecule has 0 amide bonds. The van der Waals surface area contributed by atoms with Gasteiger partial charge >= 0.3 is 0 Å². The fraction of sp³-hybridized carbons (Fsp3) is 0.625. The molecule has 0 bridgehead atoms. The molecule has 2 aliphatic rings. The summed E-state index contributed by atoms with van der Waals surface area (Å²) in [5.74, 6) is 0.958. The molecule has 2 unspecified atom stereocenters. The SMILES string of the molecule is NC(CC1CCCCO1)c1cccc(OC2CC2)c1. The van der Waals surface area contributed by atoms with Gasteiger partial charge in [0.25, 0.3) is 0 Å². The highest BCUT2D eigenvalue weighted by Crippen LogP contribution is 2.29. The van der Waals surface area contributed by atoms with Crippen LogP contribution in [-0.2, 0) is 4.74 Å². The molecule has 104 valence electrons. The average molecular weight is 261 g/mol. The Morgan fingerprint density at radius 3 is 2.89 bits per heavy atom. The molecular weight excluding hydrogens is 238 g/mol. The molecule has 3 heteroatoms. The number of benzene rings is 1. The van der Waals surface area contributed by atoms with Gasteiger partial charge in [-0.1, -0.05) is 12.1 Å². The van der Waals surface area contributed by atoms with Crippen molar-refractivity contribution < 1.29 is 9.47 Å². The van der Waals surface area contributed by atoms with E-state index in [1.165, 1.54) is 25.7 Å². The van der Waals surface area contributed by atoms with Crippen LogP contribution in [0, 0.1) is 0 Å². The second kappa shape index (κ2) is 5.93. The minimum Gasteiger partial charge on any atom is -0.490 e. The maximum absolute atomic E-state index is 6.31. The predicted molar refractivity (Wildman–Crippen MR) is 75.2 cm³/mol. The van der Waals surface area contributed by atoms with Crippen LogP contribution in [0.25, 0.3) is 0 Å². The second-order valence-corrected chi connectivity index (χ2v) is 5.72. The number of ether oxygens (including phenoxy) is 2. The minimum absolute atomic E-state index is 0.0471. The van der Waals surface area contributed by atoms with E-state index in [1.54, 1.807) is 0 Å². The molecule has 3 nitrogen and oxygen atoms in total. The van der Waals surface area contributed by atoms with Crippen LogP contribution in [0.4, 0.5) is 0 Å². The van der Waals surface area contributed by atoms with Gasteiger partial charge in [-0.15, -0.1) is 0 Å². The van der Waals surface area contributed by atoms with Crippen molar-refractivity contribution in [3.05, 3.63) is 29.8 Å². The minimum atomic E-state index is 0.0471. The van der Waals surface area contributed by atoms with Gasteiger partial charge in [0.15, 0.2) is 0 Å². The zero-order valence-electron chi connectivity index (χ0n) is 11.4. The summed E-state index contributed by atoms with van der Waals surface area (Å²) >= 11 is 0. The fourth-order valence-electron chi connectivity index (χ4n) is 2.61. The van der Waals surface area contributed by atoms with E-state index in [-0.39, 0.29) is 6.04 Å². The summed E-state index contributed by atoms with van der Waals surface area (Å²) in [6.07, 6.45) is 7.65. The highest BCUT2D eigenvalue weighted by Gasteiger charge is 2.24. The molecule has 1 saturated heterocycles. The van der Waals surface area contributed by atoms with Crippen LogP contribution < -0.4 is 10.5 Å². The van der Waals surface area contributed by atoms with Gasteiger partial charge < -0.3 is 15.2 Å². The molecule has 19 heavy (non-hydrogen) atoms. The Morgan fingerprint density at radius 2 is 2.16 bits per heavy atom. The Balaban J connectivity index is 1.59. The Hall–Kier alpha value is -1.06. The summed E-state index contributed by atoms with van der Waals surface area (Å²) in [5, 5.41) is 0. The predicted octanol–water partition coefficient (Wildman–Crippen LogP) is 3.19. The van der Waals surface area contributed by atoms with Crippen LogP contribution in [0.15, 0.2) is 24.3 Å². The Kier molecular flexibility index (Phi) is 4.04. The van der Waals surface area contributed by atoms with Crippen molar-refractivity contribution in [3.63, 3.8) is 0 Å². The summed E-state index contributed by atoms with van der Waals surface area (Å²) in [7, 11) is 0. The van der Waals surface area contributed by atoms with Crippen molar-refractivity contribution in [1.82, 2.24) is 0 Å². The quantitative estimate of drug-likeness (QED) is 0.885. The van der Waals surface area contributed by atoms with Crippen molar-refractivity contribution >= 4 is 0 Å². The average Bonchev–Trinajstić information content (AvgIpc) is 3.24. The third-order valence-electron chi connectivity index (χ3n) is 3.90. The Labute approximate surface area is 115 Å². The molecule has 0 spiro atoms. The molecule has 0 radical (unpaired) electrons. The first kappa shape index (κ1) is 12.9. The van der Waals surface area contributed by atoms with Crippen molar-refractivity contribution in [3.8, 4) is 5.75 Å². The molecular formula is C16H23NO2. The van der Waals surface area contributed by atoms with Crippen LogP contribution in [0.2, 0.25) is 0 Å². The molecule has 2 fully saturated rings. The van der Waals surface area contributed by atoms with Crippen LogP contribution in [0.3, 0.4) is 0 Å². The molecule has 3 rings (SSSR count). The number of hydrogen-bond acceptors (Lipinski definition) is 3. The van der Waals surface area contributed by atoms with Gasteiger partial charge in [-0.2, -0.15) is 0 Å². The van der Waals surface area contributed by atoms with Gasteiger partial charge in [0.2, 0.25) is 0 Å². The monoisotopic (exact) mass is 261 g/mol. The molecule has 1 aliphatic heterocycles. The van der Waals surface area contributed by atoms with Gasteiger partial charge in [-0.05, 0) is 56.2 Å². The molecule has 1 aromatic carbocycles. The maximum atomic E-state index is 6.31. The topological polar surface area (TPSA) is 44.5 Å². The Bertz CT molecular complexity index is 411. The van der Waals surface area contributed by atoms with E-state index < -0.39 is 0 Å². The normalized spacial score (nSPS) is 25.0. The summed E-state index contributed by atoms with van der Waals surface area (Å²) in [6, 6.07) is 8.28. The smallest absolute Gasteiger partial charge is 0.120 e. The Morgan fingerprint density at radius 1 is 1.26 bits per heavy atom. The molecule has 0 aromatic heterocycles. The number of rotatable bonds is 5. The van der Waals surface area contributed by atoms with Crippen LogP contribution >= 0.6 is 0 Å². The van der Waals surface area contributed by atoms with E-state index in [1.807, 2.05) is 12.1 Å². The lowest BCUT2D eigenvalue weighted by Crippen LogP contribution is -2.24. The van der Waals surface area contributed by atoms with E-state index >= 15 is 0 Å². The highest BCUT2D eigenvalue weighted by molar-refractivity contribution is 5.31. The number of hydrogen-bond donors (Lipinski definition) is 1. The van der Waals surface area contributed by atoms with Gasteiger partial charge in [-0.25, -0.2) is 0 Å². The highest BCUT2D eigenvalue weighted by atomic mass is 16.5. The number of nitrogens with two attached hydrogens (primary N) is 1. The van der Waals surface area contributed by atoms with Crippen LogP contribution in [-0.4, -0.2) is 18.8 Å². The van der Waals surface area contributed by atoms with Crippen LogP contribution in [0.5, 0.6) is 5.75 Å². The molecule has 1 saturated carbocycles. The van der Waals surface area contributed by atoms with E-state index in [0.717, 1.165) is 30.8 Å².